The molecule has 0 atom stereocenters. The van der Waals surface area contributed by atoms with Gasteiger partial charge in [0.05, 0.1) is 16.5 Å². The molecule has 8 heteroatoms. The second kappa shape index (κ2) is 5.98. The van der Waals surface area contributed by atoms with E-state index in [2.05, 4.69) is 10.3 Å². The highest BCUT2D eigenvalue weighted by molar-refractivity contribution is 7.11. The van der Waals surface area contributed by atoms with Gasteiger partial charge in [0.1, 0.15) is 5.56 Å². The summed E-state index contributed by atoms with van der Waals surface area (Å²) < 4.78 is 0. The van der Waals surface area contributed by atoms with Gasteiger partial charge in [-0.3, -0.25) is 14.9 Å². The number of nitro benzene ring substituents is 1. The van der Waals surface area contributed by atoms with Gasteiger partial charge < -0.3 is 5.32 Å². The van der Waals surface area contributed by atoms with Crippen LogP contribution in [0.15, 0.2) is 24.4 Å². The Morgan fingerprint density at radius 1 is 1.55 bits per heavy atom. The molecule has 20 heavy (non-hydrogen) atoms. The standard InChI is InChI=1S/C12H10ClN3O3S/c1-7-14-5-9(20-7)6-15-12(17)10-4-8(13)2-3-11(10)16(18)19/h2-5H,6H2,1H3,(H,15,17). The number of carbonyl (C=O) groups is 1. The number of hydrogen-bond acceptors (Lipinski definition) is 5. The summed E-state index contributed by atoms with van der Waals surface area (Å²) in [6.45, 7) is 2.13. The number of benzene rings is 1. The number of nitrogens with one attached hydrogen (secondary N) is 1. The fourth-order valence-electron chi connectivity index (χ4n) is 1.60. The zero-order valence-electron chi connectivity index (χ0n) is 10.4. The van der Waals surface area contributed by atoms with Crippen molar-refractivity contribution in [1.29, 1.82) is 0 Å². The van der Waals surface area contributed by atoms with Crippen LogP contribution in [0.1, 0.15) is 20.2 Å². The van der Waals surface area contributed by atoms with E-state index in [1.54, 1.807) is 6.20 Å². The minimum absolute atomic E-state index is 0.0521. The van der Waals surface area contributed by atoms with Gasteiger partial charge >= 0.3 is 0 Å². The molecule has 0 aliphatic heterocycles. The molecule has 1 aromatic carbocycles. The first-order chi connectivity index (χ1) is 9.47. The Morgan fingerprint density at radius 2 is 2.30 bits per heavy atom. The molecule has 0 fully saturated rings. The third-order valence-electron chi connectivity index (χ3n) is 2.49. The fourth-order valence-corrected chi connectivity index (χ4v) is 2.51. The van der Waals surface area contributed by atoms with Crippen molar-refractivity contribution in [1.82, 2.24) is 10.3 Å². The highest BCUT2D eigenvalue weighted by atomic mass is 35.5. The van der Waals surface area contributed by atoms with Crippen LogP contribution >= 0.6 is 22.9 Å². The van der Waals surface area contributed by atoms with Crippen molar-refractivity contribution >= 4 is 34.5 Å². The first-order valence-electron chi connectivity index (χ1n) is 5.61. The van der Waals surface area contributed by atoms with E-state index in [1.807, 2.05) is 6.92 Å². The van der Waals surface area contributed by atoms with Crippen LogP contribution in [0.5, 0.6) is 0 Å². The summed E-state index contributed by atoms with van der Waals surface area (Å²) in [4.78, 5) is 27.2. The van der Waals surface area contributed by atoms with Crippen molar-refractivity contribution in [2.45, 2.75) is 13.5 Å². The smallest absolute Gasteiger partial charge is 0.282 e. The van der Waals surface area contributed by atoms with Crippen LogP contribution in [0.2, 0.25) is 5.02 Å². The number of aromatic nitrogens is 1. The summed E-state index contributed by atoms with van der Waals surface area (Å²) in [5.41, 5.74) is -0.323. The van der Waals surface area contributed by atoms with Gasteiger partial charge in [0.2, 0.25) is 0 Å². The Balaban J connectivity index is 2.16. The van der Waals surface area contributed by atoms with Gasteiger partial charge in [-0.15, -0.1) is 11.3 Å². The minimum Gasteiger partial charge on any atom is -0.347 e. The number of halogens is 1. The summed E-state index contributed by atoms with van der Waals surface area (Å²) in [7, 11) is 0. The van der Waals surface area contributed by atoms with Crippen molar-refractivity contribution in [3.05, 3.63) is 55.0 Å². The lowest BCUT2D eigenvalue weighted by molar-refractivity contribution is -0.385. The topological polar surface area (TPSA) is 85.1 Å². The van der Waals surface area contributed by atoms with Crippen LogP contribution < -0.4 is 5.32 Å². The molecule has 1 aromatic heterocycles. The predicted octanol–water partition coefficient (Wildman–Crippen LogP) is 2.94. The number of amides is 1. The lowest BCUT2D eigenvalue weighted by Crippen LogP contribution is -2.23. The maximum atomic E-state index is 12.0. The number of thiazole rings is 1. The van der Waals surface area contributed by atoms with Crippen molar-refractivity contribution in [2.24, 2.45) is 0 Å². The van der Waals surface area contributed by atoms with Crippen molar-refractivity contribution in [2.75, 3.05) is 0 Å². The van der Waals surface area contributed by atoms with Crippen LogP contribution in [0.25, 0.3) is 0 Å². The van der Waals surface area contributed by atoms with E-state index in [1.165, 1.54) is 29.5 Å². The van der Waals surface area contributed by atoms with Gasteiger partial charge in [0.25, 0.3) is 11.6 Å². The van der Waals surface area contributed by atoms with Crippen molar-refractivity contribution in [3.8, 4) is 0 Å². The van der Waals surface area contributed by atoms with Crippen LogP contribution in [0, 0.1) is 17.0 Å². The number of aryl methyl sites for hydroxylation is 1. The molecule has 1 heterocycles. The molecule has 0 bridgehead atoms. The average Bonchev–Trinajstić information content (AvgIpc) is 2.81. The van der Waals surface area contributed by atoms with Gasteiger partial charge in [0, 0.05) is 22.2 Å². The van der Waals surface area contributed by atoms with E-state index in [0.29, 0.717) is 0 Å². The molecular weight excluding hydrogens is 302 g/mol. The average molecular weight is 312 g/mol. The zero-order chi connectivity index (χ0) is 14.7. The molecule has 2 aromatic rings. The van der Waals surface area contributed by atoms with E-state index in [9.17, 15) is 14.9 Å². The van der Waals surface area contributed by atoms with E-state index in [0.717, 1.165) is 9.88 Å². The zero-order valence-corrected chi connectivity index (χ0v) is 12.0. The van der Waals surface area contributed by atoms with E-state index >= 15 is 0 Å². The minimum atomic E-state index is -0.609. The molecular formula is C12H10ClN3O3S. The summed E-state index contributed by atoms with van der Waals surface area (Å²) >= 11 is 7.23. The van der Waals surface area contributed by atoms with Crippen LogP contribution in [0.3, 0.4) is 0 Å². The van der Waals surface area contributed by atoms with Crippen molar-refractivity contribution in [3.63, 3.8) is 0 Å². The second-order valence-electron chi connectivity index (χ2n) is 3.95. The number of hydrogen-bond donors (Lipinski definition) is 1. The van der Waals surface area contributed by atoms with Gasteiger partial charge in [-0.25, -0.2) is 4.98 Å². The third kappa shape index (κ3) is 3.31. The Hall–Kier alpha value is -1.99. The Kier molecular flexibility index (Phi) is 4.31. The van der Waals surface area contributed by atoms with Gasteiger partial charge in [-0.2, -0.15) is 0 Å². The Labute approximate surface area is 123 Å². The van der Waals surface area contributed by atoms with E-state index in [-0.39, 0.29) is 22.8 Å². The summed E-state index contributed by atoms with van der Waals surface area (Å²) in [6, 6.07) is 3.88. The first-order valence-corrected chi connectivity index (χ1v) is 6.80. The summed E-state index contributed by atoms with van der Waals surface area (Å²) in [6.07, 6.45) is 1.66. The second-order valence-corrected chi connectivity index (χ2v) is 5.70. The van der Waals surface area contributed by atoms with Crippen LogP contribution in [0.4, 0.5) is 5.69 Å². The molecule has 2 rings (SSSR count). The van der Waals surface area contributed by atoms with E-state index < -0.39 is 10.8 Å². The van der Waals surface area contributed by atoms with Crippen LogP contribution in [-0.4, -0.2) is 15.8 Å². The number of carbonyl (C=O) groups excluding carboxylic acids is 1. The molecule has 0 radical (unpaired) electrons. The monoisotopic (exact) mass is 311 g/mol. The molecule has 0 saturated heterocycles. The SMILES string of the molecule is Cc1ncc(CNC(=O)c2cc(Cl)ccc2[N+](=O)[O-])s1. The maximum absolute atomic E-state index is 12.0. The number of nitrogens with zero attached hydrogens (tertiary/aromatic N) is 2. The molecule has 1 N–H and O–H groups in total. The molecule has 104 valence electrons. The summed E-state index contributed by atoms with van der Waals surface area (Å²) in [5.74, 6) is -0.537. The lowest BCUT2D eigenvalue weighted by atomic mass is 10.1. The highest BCUT2D eigenvalue weighted by Gasteiger charge is 2.20. The molecule has 0 saturated carbocycles. The largest absolute Gasteiger partial charge is 0.347 e. The number of rotatable bonds is 4. The fraction of sp³-hybridized carbons (Fsp3) is 0.167. The molecule has 6 nitrogen and oxygen atoms in total. The molecule has 0 aliphatic rings. The van der Waals surface area contributed by atoms with Crippen molar-refractivity contribution < 1.29 is 9.72 Å². The van der Waals surface area contributed by atoms with Gasteiger partial charge in [-0.05, 0) is 19.1 Å². The quantitative estimate of drug-likeness (QED) is 0.695. The predicted molar refractivity (Wildman–Crippen MR) is 76.1 cm³/mol. The van der Waals surface area contributed by atoms with Gasteiger partial charge in [0.15, 0.2) is 0 Å². The molecule has 0 aliphatic carbocycles. The molecule has 0 unspecified atom stereocenters. The normalized spacial score (nSPS) is 10.3. The Bertz CT molecular complexity index is 672. The molecule has 0 spiro atoms. The third-order valence-corrected chi connectivity index (χ3v) is 3.64. The summed E-state index contributed by atoms with van der Waals surface area (Å²) in [5, 5.41) is 14.7. The molecule has 1 amide bonds. The lowest BCUT2D eigenvalue weighted by Gasteiger charge is -2.04. The van der Waals surface area contributed by atoms with Crippen LogP contribution in [-0.2, 0) is 6.54 Å². The van der Waals surface area contributed by atoms with Gasteiger partial charge in [-0.1, -0.05) is 11.6 Å². The highest BCUT2D eigenvalue weighted by Crippen LogP contribution is 2.22. The number of nitro groups is 1. The maximum Gasteiger partial charge on any atom is 0.282 e. The van der Waals surface area contributed by atoms with E-state index in [4.69, 9.17) is 11.6 Å². The Morgan fingerprint density at radius 3 is 2.90 bits per heavy atom. The first kappa shape index (κ1) is 14.4.